The largest absolute Gasteiger partial charge is 0.466 e. The number of rotatable bonds is 9. The summed E-state index contributed by atoms with van der Waals surface area (Å²) in [6.07, 6.45) is 10.4. The highest BCUT2D eigenvalue weighted by Gasteiger charge is 2.17. The average molecular weight is 358 g/mol. The maximum atomic E-state index is 11.9. The van der Waals surface area contributed by atoms with Crippen LogP contribution in [0.5, 0.6) is 0 Å². The summed E-state index contributed by atoms with van der Waals surface area (Å²) >= 11 is 0. The van der Waals surface area contributed by atoms with Crippen LogP contribution < -0.4 is 0 Å². The van der Waals surface area contributed by atoms with Gasteiger partial charge in [-0.05, 0) is 36.5 Å². The molecule has 5 nitrogen and oxygen atoms in total. The van der Waals surface area contributed by atoms with Crippen molar-refractivity contribution in [2.75, 3.05) is 13.2 Å². The molecule has 0 radical (unpaired) electrons. The smallest absolute Gasteiger partial charge is 0.309 e. The van der Waals surface area contributed by atoms with Crippen LogP contribution in [-0.4, -0.2) is 36.4 Å². The maximum absolute atomic E-state index is 11.9. The van der Waals surface area contributed by atoms with Crippen molar-refractivity contribution < 1.29 is 24.2 Å². The number of carbonyl (C=O) groups excluding carboxylic acids is 2. The van der Waals surface area contributed by atoms with Gasteiger partial charge in [0.2, 0.25) is 0 Å². The standard InChI is InChI=1S/C21H26O5/c1-4-18(2)21(24)26-20(15-17-25-19(3)23)14-12-10-8-6-5-7-9-11-13-16-22/h8,10-14,18,20,22H,4,15-17H2,1-3H3/b10-8+,13-11+,14-12+. The zero-order valence-corrected chi connectivity index (χ0v) is 15.5. The summed E-state index contributed by atoms with van der Waals surface area (Å²) in [7, 11) is 0. The fourth-order valence-corrected chi connectivity index (χ4v) is 1.50. The first-order valence-corrected chi connectivity index (χ1v) is 8.45. The number of hydrogen-bond donors (Lipinski definition) is 1. The number of carbonyl (C=O) groups is 2. The summed E-state index contributed by atoms with van der Waals surface area (Å²) in [6.45, 7) is 5.19. The van der Waals surface area contributed by atoms with Crippen molar-refractivity contribution in [1.82, 2.24) is 0 Å². The van der Waals surface area contributed by atoms with Crippen LogP contribution in [0, 0.1) is 29.6 Å². The third-order valence-electron chi connectivity index (χ3n) is 3.12. The molecular formula is C21H26O5. The molecule has 0 spiro atoms. The molecule has 0 aliphatic heterocycles. The summed E-state index contributed by atoms with van der Waals surface area (Å²) in [5, 5.41) is 8.53. The van der Waals surface area contributed by atoms with Gasteiger partial charge in [-0.15, -0.1) is 0 Å². The Labute approximate surface area is 155 Å². The van der Waals surface area contributed by atoms with Gasteiger partial charge in [-0.25, -0.2) is 0 Å². The van der Waals surface area contributed by atoms with Crippen LogP contribution in [0.15, 0.2) is 36.5 Å². The van der Waals surface area contributed by atoms with Gasteiger partial charge in [-0.3, -0.25) is 9.59 Å². The highest BCUT2D eigenvalue weighted by molar-refractivity contribution is 5.72. The number of allylic oxidation sites excluding steroid dienone is 4. The van der Waals surface area contributed by atoms with E-state index in [4.69, 9.17) is 14.6 Å². The topological polar surface area (TPSA) is 72.8 Å². The zero-order valence-electron chi connectivity index (χ0n) is 15.5. The molecule has 0 aromatic heterocycles. The Morgan fingerprint density at radius 3 is 2.46 bits per heavy atom. The van der Waals surface area contributed by atoms with Gasteiger partial charge < -0.3 is 14.6 Å². The van der Waals surface area contributed by atoms with Crippen LogP contribution >= 0.6 is 0 Å². The molecule has 140 valence electrons. The van der Waals surface area contributed by atoms with Crippen LogP contribution in [0.2, 0.25) is 0 Å². The number of aliphatic hydroxyl groups excluding tert-OH is 1. The number of hydrogen-bond acceptors (Lipinski definition) is 5. The molecule has 0 saturated carbocycles. The summed E-state index contributed by atoms with van der Waals surface area (Å²) in [6, 6.07) is 0. The van der Waals surface area contributed by atoms with Gasteiger partial charge >= 0.3 is 11.9 Å². The molecule has 26 heavy (non-hydrogen) atoms. The quantitative estimate of drug-likeness (QED) is 0.390. The molecule has 2 unspecified atom stereocenters. The normalized spacial score (nSPS) is 12.9. The van der Waals surface area contributed by atoms with E-state index < -0.39 is 6.10 Å². The number of esters is 2. The molecule has 1 N–H and O–H groups in total. The second-order valence-corrected chi connectivity index (χ2v) is 5.28. The minimum atomic E-state index is -0.475. The van der Waals surface area contributed by atoms with Crippen LogP contribution in [0.25, 0.3) is 0 Å². The molecule has 0 aromatic carbocycles. The molecule has 5 heteroatoms. The first-order valence-electron chi connectivity index (χ1n) is 8.45. The Morgan fingerprint density at radius 1 is 1.15 bits per heavy atom. The van der Waals surface area contributed by atoms with Gasteiger partial charge in [0.05, 0.1) is 19.1 Å². The molecule has 2 atom stereocenters. The van der Waals surface area contributed by atoms with E-state index in [-0.39, 0.29) is 31.1 Å². The number of ether oxygens (including phenoxy) is 2. The Morgan fingerprint density at radius 2 is 1.85 bits per heavy atom. The summed E-state index contributed by atoms with van der Waals surface area (Å²) in [5.41, 5.74) is 0. The van der Waals surface area contributed by atoms with Gasteiger partial charge in [0.25, 0.3) is 0 Å². The Balaban J connectivity index is 4.64. The van der Waals surface area contributed by atoms with Crippen LogP contribution in [0.4, 0.5) is 0 Å². The average Bonchev–Trinajstić information content (AvgIpc) is 2.61. The van der Waals surface area contributed by atoms with E-state index in [0.717, 1.165) is 0 Å². The predicted octanol–water partition coefficient (Wildman–Crippen LogP) is 2.57. The van der Waals surface area contributed by atoms with Gasteiger partial charge in [0.15, 0.2) is 0 Å². The minimum absolute atomic E-state index is 0.0486. The molecule has 0 saturated heterocycles. The van der Waals surface area contributed by atoms with Gasteiger partial charge in [0, 0.05) is 13.3 Å². The summed E-state index contributed by atoms with van der Waals surface area (Å²) in [5.74, 6) is 9.78. The predicted molar refractivity (Wildman–Crippen MR) is 101 cm³/mol. The highest BCUT2D eigenvalue weighted by atomic mass is 16.6. The van der Waals surface area contributed by atoms with E-state index >= 15 is 0 Å². The Bertz CT molecular complexity index is 635. The van der Waals surface area contributed by atoms with Crippen molar-refractivity contribution in [2.45, 2.75) is 39.7 Å². The molecule has 0 aliphatic rings. The maximum Gasteiger partial charge on any atom is 0.309 e. The van der Waals surface area contributed by atoms with E-state index in [1.807, 2.05) is 6.92 Å². The lowest BCUT2D eigenvalue weighted by molar-refractivity contribution is -0.152. The summed E-state index contributed by atoms with van der Waals surface area (Å²) < 4.78 is 10.3. The lowest BCUT2D eigenvalue weighted by atomic mass is 10.1. The van der Waals surface area contributed by atoms with Crippen molar-refractivity contribution in [1.29, 1.82) is 0 Å². The molecule has 0 bridgehead atoms. The Hall–Kier alpha value is -2.76. The van der Waals surface area contributed by atoms with Crippen molar-refractivity contribution in [3.63, 3.8) is 0 Å². The van der Waals surface area contributed by atoms with Gasteiger partial charge in [0.1, 0.15) is 6.10 Å². The van der Waals surface area contributed by atoms with Crippen molar-refractivity contribution >= 4 is 11.9 Å². The van der Waals surface area contributed by atoms with E-state index in [1.165, 1.54) is 19.1 Å². The third-order valence-corrected chi connectivity index (χ3v) is 3.12. The molecule has 0 fully saturated rings. The Kier molecular flexibility index (Phi) is 14.1. The lowest BCUT2D eigenvalue weighted by Crippen LogP contribution is -2.22. The number of aliphatic hydroxyl groups is 1. The molecule has 0 heterocycles. The second-order valence-electron chi connectivity index (χ2n) is 5.28. The van der Waals surface area contributed by atoms with E-state index in [2.05, 4.69) is 23.7 Å². The fourth-order valence-electron chi connectivity index (χ4n) is 1.50. The van der Waals surface area contributed by atoms with Crippen LogP contribution in [0.3, 0.4) is 0 Å². The van der Waals surface area contributed by atoms with E-state index in [9.17, 15) is 9.59 Å². The fraction of sp³-hybridized carbons (Fsp3) is 0.429. The lowest BCUT2D eigenvalue weighted by Gasteiger charge is -2.16. The molecule has 0 amide bonds. The van der Waals surface area contributed by atoms with Crippen molar-refractivity contribution in [2.24, 2.45) is 5.92 Å². The monoisotopic (exact) mass is 358 g/mol. The molecule has 0 aliphatic carbocycles. The first kappa shape index (κ1) is 23.2. The molecule has 0 rings (SSSR count). The summed E-state index contributed by atoms with van der Waals surface area (Å²) in [4.78, 5) is 22.8. The third kappa shape index (κ3) is 13.7. The minimum Gasteiger partial charge on any atom is -0.466 e. The van der Waals surface area contributed by atoms with E-state index in [1.54, 1.807) is 31.2 Å². The van der Waals surface area contributed by atoms with E-state index in [0.29, 0.717) is 12.8 Å². The molecular weight excluding hydrogens is 332 g/mol. The van der Waals surface area contributed by atoms with Crippen molar-refractivity contribution in [3.8, 4) is 23.7 Å². The van der Waals surface area contributed by atoms with Gasteiger partial charge in [-0.1, -0.05) is 43.9 Å². The second kappa shape index (κ2) is 15.7. The first-order chi connectivity index (χ1) is 12.5. The van der Waals surface area contributed by atoms with Crippen LogP contribution in [-0.2, 0) is 19.1 Å². The van der Waals surface area contributed by atoms with Gasteiger partial charge in [-0.2, -0.15) is 0 Å². The zero-order chi connectivity index (χ0) is 19.6. The van der Waals surface area contributed by atoms with Crippen molar-refractivity contribution in [3.05, 3.63) is 36.5 Å². The SMILES string of the molecule is CCC(C)C(=O)OC(/C=C/C=C/C#CC#C/C=C/CO)CCOC(C)=O. The molecule has 0 aromatic rings. The van der Waals surface area contributed by atoms with Crippen LogP contribution in [0.1, 0.15) is 33.6 Å². The highest BCUT2D eigenvalue weighted by Crippen LogP contribution is 2.09.